The zero-order valence-electron chi connectivity index (χ0n) is 11.1. The number of halogens is 1. The van der Waals surface area contributed by atoms with Crippen molar-refractivity contribution in [1.82, 2.24) is 9.55 Å². The highest BCUT2D eigenvalue weighted by molar-refractivity contribution is 6.30. The van der Waals surface area contributed by atoms with Gasteiger partial charge in [0, 0.05) is 11.6 Å². The summed E-state index contributed by atoms with van der Waals surface area (Å²) in [5.74, 6) is 0.682. The molecule has 4 heteroatoms. The van der Waals surface area contributed by atoms with Crippen LogP contribution in [0.4, 0.5) is 0 Å². The molecule has 0 bridgehead atoms. The van der Waals surface area contributed by atoms with Gasteiger partial charge in [-0.15, -0.1) is 0 Å². The molecule has 3 rings (SSSR count). The zero-order chi connectivity index (χ0) is 14.1. The average Bonchev–Trinajstić information content (AvgIpc) is 2.81. The molecule has 1 heterocycles. The van der Waals surface area contributed by atoms with Crippen LogP contribution in [-0.4, -0.2) is 14.7 Å². The quantitative estimate of drug-likeness (QED) is 0.795. The van der Waals surface area contributed by atoms with E-state index in [0.29, 0.717) is 12.4 Å². The van der Waals surface area contributed by atoms with Crippen molar-refractivity contribution in [3.05, 3.63) is 64.9 Å². The van der Waals surface area contributed by atoms with Crippen LogP contribution in [0.15, 0.2) is 48.5 Å². The molecule has 1 N–H and O–H groups in total. The Bertz CT molecular complexity index is 732. The molecule has 3 nitrogen and oxygen atoms in total. The summed E-state index contributed by atoms with van der Waals surface area (Å²) in [5, 5.41) is 10.6. The van der Waals surface area contributed by atoms with Crippen LogP contribution >= 0.6 is 11.6 Å². The molecular weight excluding hydrogens is 272 g/mol. The molecule has 102 valence electrons. The van der Waals surface area contributed by atoms with Gasteiger partial charge in [0.1, 0.15) is 11.9 Å². The second-order valence-corrected chi connectivity index (χ2v) is 5.28. The van der Waals surface area contributed by atoms with Crippen molar-refractivity contribution in [2.75, 3.05) is 0 Å². The summed E-state index contributed by atoms with van der Waals surface area (Å²) >= 11 is 5.91. The number of hydrogen-bond donors (Lipinski definition) is 1. The Kier molecular flexibility index (Phi) is 3.47. The standard InChI is InChI=1S/C16H15ClN2O/c1-11(20)16-18-14-4-2-3-5-15(14)19(16)10-12-6-8-13(17)9-7-12/h2-9,11,20H,10H2,1H3/t11-/m1/s1. The van der Waals surface area contributed by atoms with Crippen molar-refractivity contribution in [1.29, 1.82) is 0 Å². The molecule has 0 saturated heterocycles. The van der Waals surface area contributed by atoms with E-state index in [9.17, 15) is 5.11 Å². The highest BCUT2D eigenvalue weighted by Gasteiger charge is 2.14. The Hall–Kier alpha value is -1.84. The van der Waals surface area contributed by atoms with E-state index in [0.717, 1.165) is 21.6 Å². The van der Waals surface area contributed by atoms with E-state index in [-0.39, 0.29) is 0 Å². The predicted octanol–water partition coefficient (Wildman–Crippen LogP) is 3.79. The topological polar surface area (TPSA) is 38.1 Å². The molecule has 0 spiro atoms. The molecule has 0 saturated carbocycles. The predicted molar refractivity (Wildman–Crippen MR) is 80.9 cm³/mol. The van der Waals surface area contributed by atoms with Gasteiger partial charge in [-0.3, -0.25) is 0 Å². The van der Waals surface area contributed by atoms with Gasteiger partial charge < -0.3 is 9.67 Å². The number of benzene rings is 2. The van der Waals surface area contributed by atoms with E-state index in [1.165, 1.54) is 0 Å². The molecule has 0 unspecified atom stereocenters. The van der Waals surface area contributed by atoms with Crippen LogP contribution in [0.1, 0.15) is 24.4 Å². The van der Waals surface area contributed by atoms with Crippen LogP contribution in [0.5, 0.6) is 0 Å². The molecule has 20 heavy (non-hydrogen) atoms. The number of aliphatic hydroxyl groups is 1. The van der Waals surface area contributed by atoms with E-state index < -0.39 is 6.10 Å². The summed E-state index contributed by atoms with van der Waals surface area (Å²) in [6.45, 7) is 2.40. The molecule has 0 amide bonds. The molecule has 0 aliphatic rings. The highest BCUT2D eigenvalue weighted by atomic mass is 35.5. The van der Waals surface area contributed by atoms with Gasteiger partial charge in [-0.2, -0.15) is 0 Å². The lowest BCUT2D eigenvalue weighted by atomic mass is 10.2. The number of rotatable bonds is 3. The maximum Gasteiger partial charge on any atom is 0.138 e. The first-order valence-electron chi connectivity index (χ1n) is 6.53. The van der Waals surface area contributed by atoms with E-state index in [2.05, 4.69) is 4.98 Å². The minimum Gasteiger partial charge on any atom is -0.385 e. The Morgan fingerprint density at radius 2 is 1.85 bits per heavy atom. The summed E-state index contributed by atoms with van der Waals surface area (Å²) in [6.07, 6.45) is -0.602. The molecule has 0 aliphatic heterocycles. The minimum atomic E-state index is -0.602. The van der Waals surface area contributed by atoms with Crippen LogP contribution in [0.2, 0.25) is 5.02 Å². The molecule has 1 atom stereocenters. The summed E-state index contributed by atoms with van der Waals surface area (Å²) in [4.78, 5) is 4.51. The van der Waals surface area contributed by atoms with E-state index >= 15 is 0 Å². The third-order valence-electron chi connectivity index (χ3n) is 3.31. The van der Waals surface area contributed by atoms with Crippen LogP contribution in [0.3, 0.4) is 0 Å². The molecule has 0 fully saturated rings. The van der Waals surface area contributed by atoms with Crippen molar-refractivity contribution in [3.63, 3.8) is 0 Å². The lowest BCUT2D eigenvalue weighted by Crippen LogP contribution is -2.07. The Morgan fingerprint density at radius 3 is 2.55 bits per heavy atom. The molecule has 0 radical (unpaired) electrons. The third-order valence-corrected chi connectivity index (χ3v) is 3.56. The monoisotopic (exact) mass is 286 g/mol. The number of aliphatic hydroxyl groups excluding tert-OH is 1. The first-order valence-corrected chi connectivity index (χ1v) is 6.90. The van der Waals surface area contributed by atoms with E-state index in [1.54, 1.807) is 6.92 Å². The second kappa shape index (κ2) is 5.27. The highest BCUT2D eigenvalue weighted by Crippen LogP contribution is 2.22. The molecule has 0 aliphatic carbocycles. The third kappa shape index (κ3) is 2.42. The van der Waals surface area contributed by atoms with Gasteiger partial charge in [-0.05, 0) is 36.8 Å². The fraction of sp³-hybridized carbons (Fsp3) is 0.188. The van der Waals surface area contributed by atoms with Crippen molar-refractivity contribution < 1.29 is 5.11 Å². The van der Waals surface area contributed by atoms with Gasteiger partial charge >= 0.3 is 0 Å². The van der Waals surface area contributed by atoms with E-state index in [4.69, 9.17) is 11.6 Å². The smallest absolute Gasteiger partial charge is 0.138 e. The number of aromatic nitrogens is 2. The van der Waals surface area contributed by atoms with Crippen molar-refractivity contribution in [3.8, 4) is 0 Å². The summed E-state index contributed by atoms with van der Waals surface area (Å²) in [6, 6.07) is 15.6. The Morgan fingerprint density at radius 1 is 1.15 bits per heavy atom. The first kappa shape index (κ1) is 13.2. The normalized spacial score (nSPS) is 12.8. The van der Waals surface area contributed by atoms with Gasteiger partial charge in [0.25, 0.3) is 0 Å². The maximum absolute atomic E-state index is 9.92. The SMILES string of the molecule is C[C@@H](O)c1nc2ccccc2n1Cc1ccc(Cl)cc1. The first-order chi connectivity index (χ1) is 9.65. The Balaban J connectivity index is 2.09. The van der Waals surface area contributed by atoms with E-state index in [1.807, 2.05) is 53.1 Å². The van der Waals surface area contributed by atoms with Gasteiger partial charge in [-0.1, -0.05) is 35.9 Å². The maximum atomic E-state index is 9.92. The van der Waals surface area contributed by atoms with Crippen molar-refractivity contribution in [2.45, 2.75) is 19.6 Å². The number of imidazole rings is 1. The summed E-state index contributed by atoms with van der Waals surface area (Å²) < 4.78 is 2.04. The zero-order valence-corrected chi connectivity index (χ0v) is 11.9. The Labute approximate surface area is 122 Å². The second-order valence-electron chi connectivity index (χ2n) is 4.85. The number of nitrogens with zero attached hydrogens (tertiary/aromatic N) is 2. The van der Waals surface area contributed by atoms with Crippen molar-refractivity contribution >= 4 is 22.6 Å². The molecule has 1 aromatic heterocycles. The lowest BCUT2D eigenvalue weighted by Gasteiger charge is -2.11. The number of fused-ring (bicyclic) bond motifs is 1. The van der Waals surface area contributed by atoms with Crippen molar-refractivity contribution in [2.24, 2.45) is 0 Å². The van der Waals surface area contributed by atoms with Gasteiger partial charge in [0.05, 0.1) is 11.0 Å². The van der Waals surface area contributed by atoms with Gasteiger partial charge in [-0.25, -0.2) is 4.98 Å². The molecular formula is C16H15ClN2O. The fourth-order valence-corrected chi connectivity index (χ4v) is 2.48. The van der Waals surface area contributed by atoms with Crippen LogP contribution < -0.4 is 0 Å². The summed E-state index contributed by atoms with van der Waals surface area (Å²) in [7, 11) is 0. The fourth-order valence-electron chi connectivity index (χ4n) is 2.35. The summed E-state index contributed by atoms with van der Waals surface area (Å²) in [5.41, 5.74) is 3.05. The molecule has 3 aromatic rings. The largest absolute Gasteiger partial charge is 0.385 e. The minimum absolute atomic E-state index is 0.602. The van der Waals surface area contributed by atoms with Gasteiger partial charge in [0.2, 0.25) is 0 Å². The van der Waals surface area contributed by atoms with Crippen LogP contribution in [-0.2, 0) is 6.54 Å². The number of hydrogen-bond acceptors (Lipinski definition) is 2. The lowest BCUT2D eigenvalue weighted by molar-refractivity contribution is 0.185. The van der Waals surface area contributed by atoms with Gasteiger partial charge in [0.15, 0.2) is 0 Å². The van der Waals surface area contributed by atoms with Crippen LogP contribution in [0.25, 0.3) is 11.0 Å². The average molecular weight is 287 g/mol. The number of para-hydroxylation sites is 2. The molecule has 2 aromatic carbocycles. The van der Waals surface area contributed by atoms with Crippen LogP contribution in [0, 0.1) is 0 Å².